The van der Waals surface area contributed by atoms with Crippen LogP contribution in [0, 0.1) is 0 Å². The Morgan fingerprint density at radius 1 is 1.41 bits per heavy atom. The van der Waals surface area contributed by atoms with E-state index in [1.165, 1.54) is 0 Å². The molecule has 0 atom stereocenters. The van der Waals surface area contributed by atoms with Crippen LogP contribution in [0.5, 0.6) is 0 Å². The summed E-state index contributed by atoms with van der Waals surface area (Å²) in [4.78, 5) is 4.28. The largest absolute Gasteiger partial charge is 0.376 e. The van der Waals surface area contributed by atoms with Crippen LogP contribution in [0.4, 0.5) is 0 Å². The second kappa shape index (κ2) is 4.40. The first-order chi connectivity index (χ1) is 8.25. The summed E-state index contributed by atoms with van der Waals surface area (Å²) in [6.07, 6.45) is 2.53. The van der Waals surface area contributed by atoms with E-state index in [1.54, 1.807) is 10.9 Å². The third-order valence-electron chi connectivity index (χ3n) is 2.66. The highest BCUT2D eigenvalue weighted by Gasteiger charge is 2.20. The van der Waals surface area contributed by atoms with E-state index in [-0.39, 0.29) is 0 Å². The van der Waals surface area contributed by atoms with Crippen LogP contribution in [0.25, 0.3) is 5.82 Å². The highest BCUT2D eigenvalue weighted by Crippen LogP contribution is 2.26. The number of hydrogen-bond donors (Lipinski definition) is 0. The maximum Gasteiger partial charge on any atom is 0.155 e. The molecule has 3 heterocycles. The van der Waals surface area contributed by atoms with Gasteiger partial charge in [0, 0.05) is 22.7 Å². The van der Waals surface area contributed by atoms with Gasteiger partial charge in [0.15, 0.2) is 5.82 Å². The molecule has 2 aromatic rings. The summed E-state index contributed by atoms with van der Waals surface area (Å²) in [6.45, 7) is 1.23. The summed E-state index contributed by atoms with van der Waals surface area (Å²) >= 11 is 9.63. The molecule has 0 saturated carbocycles. The van der Waals surface area contributed by atoms with E-state index in [4.69, 9.17) is 16.3 Å². The molecule has 0 amide bonds. The number of rotatable bonds is 1. The van der Waals surface area contributed by atoms with E-state index in [9.17, 15) is 0 Å². The van der Waals surface area contributed by atoms with Crippen molar-refractivity contribution in [2.24, 2.45) is 0 Å². The topological polar surface area (TPSA) is 39.9 Å². The molecule has 0 unspecified atom stereocenters. The van der Waals surface area contributed by atoms with E-state index in [0.717, 1.165) is 22.2 Å². The van der Waals surface area contributed by atoms with E-state index in [1.807, 2.05) is 12.1 Å². The Kier molecular flexibility index (Phi) is 2.90. The number of halogens is 2. The molecule has 17 heavy (non-hydrogen) atoms. The highest BCUT2D eigenvalue weighted by atomic mass is 79.9. The molecular formula is C11H9BrClN3O. The summed E-state index contributed by atoms with van der Waals surface area (Å²) in [7, 11) is 0. The second-order valence-electron chi connectivity index (χ2n) is 3.77. The van der Waals surface area contributed by atoms with Crippen LogP contribution in [-0.4, -0.2) is 21.4 Å². The van der Waals surface area contributed by atoms with Crippen molar-refractivity contribution in [2.45, 2.75) is 13.0 Å². The molecule has 4 nitrogen and oxygen atoms in total. The smallest absolute Gasteiger partial charge is 0.155 e. The molecule has 0 spiro atoms. The summed E-state index contributed by atoms with van der Waals surface area (Å²) in [5.41, 5.74) is 1.98. The van der Waals surface area contributed by atoms with Gasteiger partial charge in [0.1, 0.15) is 5.15 Å². The van der Waals surface area contributed by atoms with Crippen molar-refractivity contribution in [3.8, 4) is 5.82 Å². The van der Waals surface area contributed by atoms with Crippen LogP contribution in [0.3, 0.4) is 0 Å². The number of fused-ring (bicyclic) bond motifs is 1. The highest BCUT2D eigenvalue weighted by molar-refractivity contribution is 9.10. The molecule has 0 aromatic carbocycles. The summed E-state index contributed by atoms with van der Waals surface area (Å²) in [5.74, 6) is 0.715. The lowest BCUT2D eigenvalue weighted by atomic mass is 10.2. The van der Waals surface area contributed by atoms with Gasteiger partial charge in [-0.2, -0.15) is 5.10 Å². The molecule has 1 aliphatic rings. The molecule has 0 radical (unpaired) electrons. The van der Waals surface area contributed by atoms with Crippen LogP contribution >= 0.6 is 27.5 Å². The van der Waals surface area contributed by atoms with Gasteiger partial charge in [-0.1, -0.05) is 11.6 Å². The lowest BCUT2D eigenvalue weighted by molar-refractivity contribution is 0.110. The Labute approximate surface area is 112 Å². The maximum atomic E-state index is 6.29. The number of hydrogen-bond acceptors (Lipinski definition) is 3. The van der Waals surface area contributed by atoms with E-state index in [2.05, 4.69) is 26.0 Å². The predicted octanol–water partition coefficient (Wildman–Crippen LogP) is 2.76. The van der Waals surface area contributed by atoms with Gasteiger partial charge in [0.05, 0.1) is 18.9 Å². The molecule has 0 aliphatic carbocycles. The lowest BCUT2D eigenvalue weighted by Crippen LogP contribution is -2.08. The third kappa shape index (κ3) is 1.99. The average molecular weight is 315 g/mol. The van der Waals surface area contributed by atoms with Crippen molar-refractivity contribution in [1.29, 1.82) is 0 Å². The third-order valence-corrected chi connectivity index (χ3v) is 3.52. The van der Waals surface area contributed by atoms with Gasteiger partial charge in [0.2, 0.25) is 0 Å². The van der Waals surface area contributed by atoms with Gasteiger partial charge in [-0.15, -0.1) is 0 Å². The molecule has 88 valence electrons. The Morgan fingerprint density at radius 2 is 2.29 bits per heavy atom. The van der Waals surface area contributed by atoms with Crippen LogP contribution in [0.15, 0.2) is 22.8 Å². The minimum atomic E-state index is 0.532. The van der Waals surface area contributed by atoms with Crippen molar-refractivity contribution < 1.29 is 4.74 Å². The van der Waals surface area contributed by atoms with Crippen LogP contribution in [0.1, 0.15) is 11.3 Å². The molecular weight excluding hydrogens is 305 g/mol. The van der Waals surface area contributed by atoms with Crippen LogP contribution < -0.4 is 0 Å². The lowest BCUT2D eigenvalue weighted by Gasteiger charge is -2.09. The Hall–Kier alpha value is -0.910. The summed E-state index contributed by atoms with van der Waals surface area (Å²) in [5, 5.41) is 5.07. The number of pyridine rings is 1. The molecule has 0 N–H and O–H groups in total. The van der Waals surface area contributed by atoms with Gasteiger partial charge >= 0.3 is 0 Å². The zero-order chi connectivity index (χ0) is 11.8. The van der Waals surface area contributed by atoms with Crippen molar-refractivity contribution in [3.05, 3.63) is 39.2 Å². The predicted molar refractivity (Wildman–Crippen MR) is 67.4 cm³/mol. The van der Waals surface area contributed by atoms with Crippen molar-refractivity contribution in [2.75, 3.05) is 6.61 Å². The number of nitrogens with zero attached hydrogens (tertiary/aromatic N) is 3. The molecule has 3 rings (SSSR count). The molecule has 0 saturated heterocycles. The average Bonchev–Trinajstić information content (AvgIpc) is 2.69. The first kappa shape index (κ1) is 11.2. The molecule has 1 aliphatic heterocycles. The SMILES string of the molecule is Clc1c2c(nn1-c1ccc(Br)cn1)CCOC2. The quantitative estimate of drug-likeness (QED) is 0.812. The number of ether oxygens (including phenoxy) is 1. The van der Waals surface area contributed by atoms with Crippen molar-refractivity contribution >= 4 is 27.5 Å². The Morgan fingerprint density at radius 3 is 3.00 bits per heavy atom. The molecule has 2 aromatic heterocycles. The van der Waals surface area contributed by atoms with Crippen LogP contribution in [-0.2, 0) is 17.8 Å². The van der Waals surface area contributed by atoms with Gasteiger partial charge in [0.25, 0.3) is 0 Å². The Balaban J connectivity index is 2.09. The zero-order valence-electron chi connectivity index (χ0n) is 8.86. The van der Waals surface area contributed by atoms with E-state index < -0.39 is 0 Å². The van der Waals surface area contributed by atoms with Crippen molar-refractivity contribution in [1.82, 2.24) is 14.8 Å². The maximum absolute atomic E-state index is 6.29. The Bertz CT molecular complexity index is 553. The first-order valence-corrected chi connectivity index (χ1v) is 6.39. The fourth-order valence-corrected chi connectivity index (χ4v) is 2.33. The minimum absolute atomic E-state index is 0.532. The molecule has 6 heteroatoms. The number of aromatic nitrogens is 3. The fourth-order valence-electron chi connectivity index (χ4n) is 1.80. The van der Waals surface area contributed by atoms with E-state index in [0.29, 0.717) is 24.2 Å². The van der Waals surface area contributed by atoms with E-state index >= 15 is 0 Å². The molecule has 0 fully saturated rings. The second-order valence-corrected chi connectivity index (χ2v) is 5.04. The minimum Gasteiger partial charge on any atom is -0.376 e. The van der Waals surface area contributed by atoms with Crippen molar-refractivity contribution in [3.63, 3.8) is 0 Å². The molecule has 0 bridgehead atoms. The first-order valence-electron chi connectivity index (χ1n) is 5.21. The summed E-state index contributed by atoms with van der Waals surface area (Å²) < 4.78 is 7.97. The van der Waals surface area contributed by atoms with Gasteiger partial charge in [-0.05, 0) is 28.1 Å². The van der Waals surface area contributed by atoms with Gasteiger partial charge in [-0.3, -0.25) is 0 Å². The standard InChI is InChI=1S/C11H9BrClN3O/c12-7-1-2-10(14-5-7)16-11(13)8-6-17-4-3-9(8)15-16/h1-2,5H,3-4,6H2. The normalized spacial score (nSPS) is 14.7. The fraction of sp³-hybridized carbons (Fsp3) is 0.273. The summed E-state index contributed by atoms with van der Waals surface area (Å²) in [6, 6.07) is 3.78. The monoisotopic (exact) mass is 313 g/mol. The van der Waals surface area contributed by atoms with Gasteiger partial charge < -0.3 is 4.74 Å². The van der Waals surface area contributed by atoms with Crippen LogP contribution in [0.2, 0.25) is 5.15 Å². The zero-order valence-corrected chi connectivity index (χ0v) is 11.2. The van der Waals surface area contributed by atoms with Gasteiger partial charge in [-0.25, -0.2) is 9.67 Å².